The fraction of sp³-hybridized carbons (Fsp3) is 0.357. The summed E-state index contributed by atoms with van der Waals surface area (Å²) in [4.78, 5) is 12.1. The molecule has 0 unspecified atom stereocenters. The molecule has 0 saturated heterocycles. The van der Waals surface area contributed by atoms with Crippen LogP contribution in [0.3, 0.4) is 0 Å². The van der Waals surface area contributed by atoms with Gasteiger partial charge in [0, 0.05) is 11.6 Å². The van der Waals surface area contributed by atoms with E-state index >= 15 is 0 Å². The lowest BCUT2D eigenvalue weighted by molar-refractivity contribution is -0.123. The van der Waals surface area contributed by atoms with Crippen molar-refractivity contribution in [2.45, 2.75) is 24.7 Å². The Bertz CT molecular complexity index is 420. The highest BCUT2D eigenvalue weighted by Crippen LogP contribution is 2.48. The molecule has 1 aromatic carbocycles. The third kappa shape index (κ3) is 2.52. The largest absolute Gasteiger partial charge is 0.355 e. The van der Waals surface area contributed by atoms with Crippen molar-refractivity contribution in [3.05, 3.63) is 47.5 Å². The van der Waals surface area contributed by atoms with Gasteiger partial charge in [0.1, 0.15) is 0 Å². The Morgan fingerprint density at radius 1 is 1.41 bits per heavy atom. The first-order chi connectivity index (χ1) is 8.19. The maximum atomic E-state index is 12.1. The second-order valence-corrected chi connectivity index (χ2v) is 4.86. The van der Waals surface area contributed by atoms with Gasteiger partial charge in [-0.15, -0.1) is 6.58 Å². The van der Waals surface area contributed by atoms with Crippen LogP contribution in [0.2, 0.25) is 5.02 Å². The monoisotopic (exact) mass is 249 g/mol. The van der Waals surface area contributed by atoms with Crippen LogP contribution in [-0.2, 0) is 10.2 Å². The molecule has 1 amide bonds. The lowest BCUT2D eigenvalue weighted by Crippen LogP contribution is -2.35. The Hall–Kier alpha value is -1.28. The molecule has 1 fully saturated rings. The zero-order chi connectivity index (χ0) is 12.3. The van der Waals surface area contributed by atoms with Crippen molar-refractivity contribution >= 4 is 17.5 Å². The van der Waals surface area contributed by atoms with Crippen LogP contribution in [0.1, 0.15) is 24.8 Å². The Morgan fingerprint density at radius 3 is 2.59 bits per heavy atom. The molecule has 1 aromatic rings. The van der Waals surface area contributed by atoms with Crippen LogP contribution in [-0.4, -0.2) is 12.5 Å². The number of amides is 1. The molecular weight excluding hydrogens is 234 g/mol. The molecule has 0 aliphatic heterocycles. The van der Waals surface area contributed by atoms with E-state index in [1.807, 2.05) is 30.3 Å². The summed E-state index contributed by atoms with van der Waals surface area (Å²) in [6, 6.07) is 7.58. The zero-order valence-corrected chi connectivity index (χ0v) is 10.5. The van der Waals surface area contributed by atoms with Crippen molar-refractivity contribution in [2.75, 3.05) is 6.54 Å². The van der Waals surface area contributed by atoms with Crippen molar-refractivity contribution in [3.63, 3.8) is 0 Å². The van der Waals surface area contributed by atoms with Crippen LogP contribution in [0.5, 0.6) is 0 Å². The third-order valence-corrected chi connectivity index (χ3v) is 3.47. The molecule has 1 aliphatic carbocycles. The summed E-state index contributed by atoms with van der Waals surface area (Å²) in [7, 11) is 0. The fourth-order valence-electron chi connectivity index (χ4n) is 2.00. The van der Waals surface area contributed by atoms with Crippen LogP contribution in [0, 0.1) is 0 Å². The third-order valence-electron chi connectivity index (χ3n) is 3.22. The molecule has 0 radical (unpaired) electrons. The number of hydrogen-bond acceptors (Lipinski definition) is 1. The molecule has 0 atom stereocenters. The Morgan fingerprint density at radius 2 is 2.06 bits per heavy atom. The predicted molar refractivity (Wildman–Crippen MR) is 70.2 cm³/mol. The van der Waals surface area contributed by atoms with Gasteiger partial charge >= 0.3 is 0 Å². The van der Waals surface area contributed by atoms with Crippen LogP contribution in [0.4, 0.5) is 0 Å². The highest BCUT2D eigenvalue weighted by atomic mass is 35.5. The quantitative estimate of drug-likeness (QED) is 0.631. The molecule has 1 N–H and O–H groups in total. The summed E-state index contributed by atoms with van der Waals surface area (Å²) in [5.41, 5.74) is 0.768. The topological polar surface area (TPSA) is 29.1 Å². The number of nitrogens with one attached hydrogen (secondary N) is 1. The highest BCUT2D eigenvalue weighted by Gasteiger charge is 2.50. The lowest BCUT2D eigenvalue weighted by Gasteiger charge is -2.15. The van der Waals surface area contributed by atoms with E-state index in [0.717, 1.165) is 24.8 Å². The summed E-state index contributed by atoms with van der Waals surface area (Å²) in [5, 5.41) is 3.66. The maximum absolute atomic E-state index is 12.1. The number of rotatable bonds is 5. The van der Waals surface area contributed by atoms with Crippen LogP contribution >= 0.6 is 11.6 Å². The molecule has 1 aliphatic rings. The number of halogens is 1. The zero-order valence-electron chi connectivity index (χ0n) is 9.71. The van der Waals surface area contributed by atoms with E-state index in [-0.39, 0.29) is 11.3 Å². The minimum Gasteiger partial charge on any atom is -0.355 e. The Kier molecular flexibility index (Phi) is 3.53. The summed E-state index contributed by atoms with van der Waals surface area (Å²) in [6.45, 7) is 4.30. The van der Waals surface area contributed by atoms with Crippen LogP contribution < -0.4 is 5.32 Å². The van der Waals surface area contributed by atoms with Crippen molar-refractivity contribution < 1.29 is 4.79 Å². The van der Waals surface area contributed by atoms with E-state index in [1.54, 1.807) is 0 Å². The normalized spacial score (nSPS) is 16.3. The maximum Gasteiger partial charge on any atom is 0.230 e. The molecule has 3 heteroatoms. The molecular formula is C14H16ClNO. The highest BCUT2D eigenvalue weighted by molar-refractivity contribution is 6.30. The van der Waals surface area contributed by atoms with E-state index < -0.39 is 0 Å². The van der Waals surface area contributed by atoms with Crippen molar-refractivity contribution in [1.82, 2.24) is 5.32 Å². The summed E-state index contributed by atoms with van der Waals surface area (Å²) < 4.78 is 0. The molecule has 90 valence electrons. The van der Waals surface area contributed by atoms with Crippen molar-refractivity contribution in [3.8, 4) is 0 Å². The van der Waals surface area contributed by atoms with Gasteiger partial charge in [0.15, 0.2) is 0 Å². The van der Waals surface area contributed by atoms with Gasteiger partial charge in [0.2, 0.25) is 5.91 Å². The first-order valence-electron chi connectivity index (χ1n) is 5.84. The smallest absolute Gasteiger partial charge is 0.230 e. The van der Waals surface area contributed by atoms with Gasteiger partial charge in [0.25, 0.3) is 0 Å². The van der Waals surface area contributed by atoms with Crippen molar-refractivity contribution in [1.29, 1.82) is 0 Å². The van der Waals surface area contributed by atoms with Gasteiger partial charge in [-0.25, -0.2) is 0 Å². The predicted octanol–water partition coefficient (Wildman–Crippen LogP) is 3.06. The van der Waals surface area contributed by atoms with E-state index in [1.165, 1.54) is 0 Å². The summed E-state index contributed by atoms with van der Waals surface area (Å²) in [6.07, 6.45) is 4.47. The molecule has 1 saturated carbocycles. The van der Waals surface area contributed by atoms with E-state index in [2.05, 4.69) is 11.9 Å². The standard InChI is InChI=1S/C14H16ClNO/c1-2-3-10-16-13(17)14(8-9-14)11-4-6-12(15)7-5-11/h2,4-7H,1,3,8-10H2,(H,16,17). The van der Waals surface area contributed by atoms with Crippen LogP contribution in [0.25, 0.3) is 0 Å². The number of carbonyl (C=O) groups is 1. The first-order valence-corrected chi connectivity index (χ1v) is 6.22. The second-order valence-electron chi connectivity index (χ2n) is 4.42. The van der Waals surface area contributed by atoms with Crippen molar-refractivity contribution in [2.24, 2.45) is 0 Å². The molecule has 2 rings (SSSR count). The van der Waals surface area contributed by atoms with E-state index in [4.69, 9.17) is 11.6 Å². The Labute approximate surface area is 107 Å². The minimum absolute atomic E-state index is 0.127. The number of hydrogen-bond donors (Lipinski definition) is 1. The lowest BCUT2D eigenvalue weighted by atomic mass is 9.95. The van der Waals surface area contributed by atoms with Gasteiger partial charge in [-0.2, -0.15) is 0 Å². The number of benzene rings is 1. The molecule has 0 spiro atoms. The first kappa shape index (κ1) is 12.2. The fourth-order valence-corrected chi connectivity index (χ4v) is 2.12. The van der Waals surface area contributed by atoms with Gasteiger partial charge in [0.05, 0.1) is 5.41 Å². The van der Waals surface area contributed by atoms with Gasteiger partial charge in [-0.3, -0.25) is 4.79 Å². The molecule has 17 heavy (non-hydrogen) atoms. The average Bonchev–Trinajstić information content (AvgIpc) is 3.11. The molecule has 0 aromatic heterocycles. The van der Waals surface area contributed by atoms with E-state index in [0.29, 0.717) is 11.6 Å². The van der Waals surface area contributed by atoms with Gasteiger partial charge in [-0.05, 0) is 37.0 Å². The SMILES string of the molecule is C=CCCNC(=O)C1(c2ccc(Cl)cc2)CC1. The second kappa shape index (κ2) is 4.92. The average molecular weight is 250 g/mol. The summed E-state index contributed by atoms with van der Waals surface area (Å²) in [5.74, 6) is 0.127. The summed E-state index contributed by atoms with van der Waals surface area (Å²) >= 11 is 5.85. The van der Waals surface area contributed by atoms with E-state index in [9.17, 15) is 4.79 Å². The Balaban J connectivity index is 2.06. The van der Waals surface area contributed by atoms with Gasteiger partial charge in [-0.1, -0.05) is 29.8 Å². The van der Waals surface area contributed by atoms with Crippen LogP contribution in [0.15, 0.2) is 36.9 Å². The molecule has 2 nitrogen and oxygen atoms in total. The molecule has 0 bridgehead atoms. The number of carbonyl (C=O) groups excluding carboxylic acids is 1. The van der Waals surface area contributed by atoms with Gasteiger partial charge < -0.3 is 5.32 Å². The minimum atomic E-state index is -0.300. The molecule has 0 heterocycles.